The fourth-order valence-corrected chi connectivity index (χ4v) is 3.58. The Hall–Kier alpha value is -0.920. The van der Waals surface area contributed by atoms with E-state index in [1.54, 1.807) is 18.4 Å². The molecular formula is C11H11F3N2S2. The summed E-state index contributed by atoms with van der Waals surface area (Å²) in [5.74, 6) is 0. The van der Waals surface area contributed by atoms with Crippen molar-refractivity contribution in [3.05, 3.63) is 38.0 Å². The second kappa shape index (κ2) is 4.99. The molecule has 0 aliphatic heterocycles. The number of alkyl halides is 3. The highest BCUT2D eigenvalue weighted by molar-refractivity contribution is 7.13. The van der Waals surface area contributed by atoms with E-state index in [1.165, 1.54) is 6.20 Å². The van der Waals surface area contributed by atoms with Crippen LogP contribution in [0.2, 0.25) is 0 Å². The van der Waals surface area contributed by atoms with E-state index in [-0.39, 0.29) is 6.04 Å². The maximum absolute atomic E-state index is 12.5. The molecule has 0 radical (unpaired) electrons. The van der Waals surface area contributed by atoms with Crippen LogP contribution in [0.25, 0.3) is 0 Å². The van der Waals surface area contributed by atoms with E-state index in [0.29, 0.717) is 16.2 Å². The van der Waals surface area contributed by atoms with E-state index in [9.17, 15) is 13.2 Å². The second-order valence-electron chi connectivity index (χ2n) is 3.74. The zero-order valence-electron chi connectivity index (χ0n) is 9.71. The van der Waals surface area contributed by atoms with Gasteiger partial charge in [0.15, 0.2) is 5.01 Å². The minimum atomic E-state index is -4.37. The molecule has 0 fully saturated rings. The van der Waals surface area contributed by atoms with Gasteiger partial charge in [0.05, 0.1) is 6.04 Å². The van der Waals surface area contributed by atoms with E-state index in [0.717, 1.165) is 9.75 Å². The molecule has 0 aliphatic carbocycles. The molecule has 2 aromatic rings. The maximum Gasteiger partial charge on any atom is 0.443 e. The lowest BCUT2D eigenvalue weighted by Gasteiger charge is -2.11. The molecule has 1 unspecified atom stereocenters. The molecule has 7 heteroatoms. The van der Waals surface area contributed by atoms with E-state index in [4.69, 9.17) is 0 Å². The molecule has 2 rings (SSSR count). The fraction of sp³-hybridized carbons (Fsp3) is 0.364. The number of hydrogen-bond acceptors (Lipinski definition) is 4. The highest BCUT2D eigenvalue weighted by Crippen LogP contribution is 2.37. The first-order valence-corrected chi connectivity index (χ1v) is 6.81. The Morgan fingerprint density at radius 2 is 1.94 bits per heavy atom. The monoisotopic (exact) mass is 292 g/mol. The molecule has 2 heterocycles. The predicted octanol–water partition coefficient (Wildman–Crippen LogP) is 3.84. The number of nitrogens with zero attached hydrogens (tertiary/aromatic N) is 1. The molecule has 0 bridgehead atoms. The Labute approximate surface area is 110 Å². The first-order chi connectivity index (χ1) is 8.41. The predicted molar refractivity (Wildman–Crippen MR) is 67.1 cm³/mol. The van der Waals surface area contributed by atoms with Crippen molar-refractivity contribution < 1.29 is 13.2 Å². The van der Waals surface area contributed by atoms with Gasteiger partial charge in [-0.1, -0.05) is 0 Å². The van der Waals surface area contributed by atoms with E-state index in [1.807, 2.05) is 19.1 Å². The van der Waals surface area contributed by atoms with Gasteiger partial charge in [-0.25, -0.2) is 4.98 Å². The Morgan fingerprint density at radius 3 is 2.39 bits per heavy atom. The van der Waals surface area contributed by atoms with Gasteiger partial charge in [0, 0.05) is 20.8 Å². The van der Waals surface area contributed by atoms with Crippen LogP contribution in [0.4, 0.5) is 13.2 Å². The summed E-state index contributed by atoms with van der Waals surface area (Å²) in [6.07, 6.45) is -3.07. The van der Waals surface area contributed by atoms with E-state index < -0.39 is 11.2 Å². The lowest BCUT2D eigenvalue weighted by atomic mass is 10.2. The van der Waals surface area contributed by atoms with E-state index >= 15 is 0 Å². The van der Waals surface area contributed by atoms with Crippen molar-refractivity contribution in [2.75, 3.05) is 7.05 Å². The van der Waals surface area contributed by atoms with Gasteiger partial charge in [0.25, 0.3) is 0 Å². The quantitative estimate of drug-likeness (QED) is 0.929. The normalized spacial score (nSPS) is 13.8. The largest absolute Gasteiger partial charge is 0.443 e. The highest BCUT2D eigenvalue weighted by Gasteiger charge is 2.35. The van der Waals surface area contributed by atoms with Crippen molar-refractivity contribution in [2.45, 2.75) is 19.1 Å². The third kappa shape index (κ3) is 2.73. The zero-order valence-corrected chi connectivity index (χ0v) is 11.3. The van der Waals surface area contributed by atoms with Crippen LogP contribution in [0.1, 0.15) is 25.7 Å². The smallest absolute Gasteiger partial charge is 0.308 e. The minimum Gasteiger partial charge on any atom is -0.308 e. The van der Waals surface area contributed by atoms with Crippen LogP contribution >= 0.6 is 22.7 Å². The number of aryl methyl sites for hydroxylation is 1. The third-order valence-electron chi connectivity index (χ3n) is 2.38. The standard InChI is InChI=1S/C11H11F3N2S2/c1-6-3-4-7(17-6)9(15-2)8-5-16-10(18-8)11(12,13)14/h3-5,9,15H,1-2H3. The summed E-state index contributed by atoms with van der Waals surface area (Å²) in [4.78, 5) is 6.15. The Morgan fingerprint density at radius 1 is 1.22 bits per heavy atom. The molecule has 2 nitrogen and oxygen atoms in total. The topological polar surface area (TPSA) is 24.9 Å². The summed E-state index contributed by atoms with van der Waals surface area (Å²) in [7, 11) is 1.73. The van der Waals surface area contributed by atoms with Crippen molar-refractivity contribution in [2.24, 2.45) is 0 Å². The maximum atomic E-state index is 12.5. The molecule has 1 N–H and O–H groups in total. The van der Waals surface area contributed by atoms with Crippen molar-refractivity contribution in [3.63, 3.8) is 0 Å². The summed E-state index contributed by atoms with van der Waals surface area (Å²) in [5.41, 5.74) is 0. The minimum absolute atomic E-state index is 0.225. The summed E-state index contributed by atoms with van der Waals surface area (Å²) < 4.78 is 37.5. The highest BCUT2D eigenvalue weighted by atomic mass is 32.1. The molecule has 0 spiro atoms. The summed E-state index contributed by atoms with van der Waals surface area (Å²) in [6, 6.07) is 3.65. The van der Waals surface area contributed by atoms with Crippen LogP contribution in [0.5, 0.6) is 0 Å². The Balaban J connectivity index is 2.31. The van der Waals surface area contributed by atoms with E-state index in [2.05, 4.69) is 10.3 Å². The second-order valence-corrected chi connectivity index (χ2v) is 6.12. The molecule has 2 aromatic heterocycles. The van der Waals surface area contributed by atoms with Gasteiger partial charge in [-0.2, -0.15) is 13.2 Å². The number of thiophene rings is 1. The van der Waals surface area contributed by atoms with Crippen LogP contribution in [0.3, 0.4) is 0 Å². The fourth-order valence-electron chi connectivity index (χ4n) is 1.58. The van der Waals surface area contributed by atoms with Crippen molar-refractivity contribution in [3.8, 4) is 0 Å². The van der Waals surface area contributed by atoms with Crippen LogP contribution in [-0.4, -0.2) is 12.0 Å². The van der Waals surface area contributed by atoms with Crippen LogP contribution < -0.4 is 5.32 Å². The zero-order chi connectivity index (χ0) is 13.3. The van der Waals surface area contributed by atoms with Crippen LogP contribution in [0, 0.1) is 6.92 Å². The molecule has 0 aromatic carbocycles. The molecule has 18 heavy (non-hydrogen) atoms. The number of nitrogens with one attached hydrogen (secondary N) is 1. The van der Waals surface area contributed by atoms with Gasteiger partial charge in [0.1, 0.15) is 0 Å². The van der Waals surface area contributed by atoms with Gasteiger partial charge in [-0.05, 0) is 26.1 Å². The lowest BCUT2D eigenvalue weighted by Crippen LogP contribution is -2.15. The van der Waals surface area contributed by atoms with Gasteiger partial charge < -0.3 is 5.32 Å². The lowest BCUT2D eigenvalue weighted by molar-refractivity contribution is -0.137. The molecule has 0 saturated carbocycles. The summed E-state index contributed by atoms with van der Waals surface area (Å²) in [6.45, 7) is 1.97. The molecule has 0 aliphatic rings. The van der Waals surface area contributed by atoms with Gasteiger partial charge in [0.2, 0.25) is 0 Å². The third-order valence-corrected chi connectivity index (χ3v) is 4.56. The van der Waals surface area contributed by atoms with Crippen LogP contribution in [0.15, 0.2) is 18.3 Å². The summed E-state index contributed by atoms with van der Waals surface area (Å²) >= 11 is 2.25. The van der Waals surface area contributed by atoms with Crippen molar-refractivity contribution in [1.82, 2.24) is 10.3 Å². The van der Waals surface area contributed by atoms with Crippen LogP contribution in [-0.2, 0) is 6.18 Å². The number of halogens is 3. The van der Waals surface area contributed by atoms with Crippen molar-refractivity contribution >= 4 is 22.7 Å². The van der Waals surface area contributed by atoms with Gasteiger partial charge >= 0.3 is 6.18 Å². The molecular weight excluding hydrogens is 281 g/mol. The van der Waals surface area contributed by atoms with Gasteiger partial charge in [-0.15, -0.1) is 22.7 Å². The Bertz CT molecular complexity index is 530. The average molecular weight is 292 g/mol. The van der Waals surface area contributed by atoms with Crippen molar-refractivity contribution in [1.29, 1.82) is 0 Å². The number of rotatable bonds is 3. The SMILES string of the molecule is CNC(c1ccc(C)s1)c1cnc(C(F)(F)F)s1. The number of aromatic nitrogens is 1. The molecule has 0 saturated heterocycles. The first-order valence-electron chi connectivity index (χ1n) is 5.18. The number of hydrogen-bond donors (Lipinski definition) is 1. The average Bonchev–Trinajstić information content (AvgIpc) is 2.88. The molecule has 1 atom stereocenters. The summed E-state index contributed by atoms with van der Waals surface area (Å²) in [5, 5.41) is 2.23. The first kappa shape index (κ1) is 13.5. The molecule has 98 valence electrons. The number of thiazole rings is 1. The molecule has 0 amide bonds. The Kier molecular flexibility index (Phi) is 3.74. The van der Waals surface area contributed by atoms with Gasteiger partial charge in [-0.3, -0.25) is 0 Å².